The minimum absolute atomic E-state index is 0.00428. The van der Waals surface area contributed by atoms with Crippen LogP contribution in [-0.4, -0.2) is 11.9 Å². The lowest BCUT2D eigenvalue weighted by atomic mass is 10.1. The molecular weight excluding hydrogens is 432 g/mol. The molecule has 0 fully saturated rings. The molecule has 2 rings (SSSR count). The summed E-state index contributed by atoms with van der Waals surface area (Å²) in [5, 5.41) is 22.5. The number of thiophene rings is 2. The number of rotatable bonds is 3. The molecule has 0 bridgehead atoms. The van der Waals surface area contributed by atoms with E-state index in [1.807, 2.05) is 0 Å². The molecule has 0 spiro atoms. The summed E-state index contributed by atoms with van der Waals surface area (Å²) in [5.41, 5.74) is 0.644. The van der Waals surface area contributed by atoms with Crippen molar-refractivity contribution in [3.8, 4) is 11.1 Å². The summed E-state index contributed by atoms with van der Waals surface area (Å²) < 4.78 is 1.12. The number of carboxylic acids is 2. The van der Waals surface area contributed by atoms with Crippen LogP contribution in [0.1, 0.15) is 29.1 Å². The summed E-state index contributed by atoms with van der Waals surface area (Å²) >= 11 is 8.73. The maximum Gasteiger partial charge on any atom is 0.0822 e. The summed E-state index contributed by atoms with van der Waals surface area (Å²) in [6, 6.07) is 0. The Morgan fingerprint density at radius 3 is 1.40 bits per heavy atom. The van der Waals surface area contributed by atoms with Crippen molar-refractivity contribution in [3.63, 3.8) is 0 Å². The van der Waals surface area contributed by atoms with Gasteiger partial charge < -0.3 is 19.8 Å². The monoisotopic (exact) mass is 436 g/mol. The van der Waals surface area contributed by atoms with Gasteiger partial charge in [-0.2, -0.15) is 0 Å². The van der Waals surface area contributed by atoms with Crippen molar-refractivity contribution in [2.45, 2.75) is 13.8 Å². The Bertz CT molecular complexity index is 668. The fourth-order valence-corrected chi connectivity index (χ4v) is 5.10. The summed E-state index contributed by atoms with van der Waals surface area (Å²) in [4.78, 5) is 24.0. The maximum absolute atomic E-state index is 11.3. The van der Waals surface area contributed by atoms with Crippen LogP contribution in [0.3, 0.4) is 0 Å². The number of hydrogen-bond donors (Lipinski definition) is 0. The van der Waals surface area contributed by atoms with Gasteiger partial charge in [0.25, 0.3) is 0 Å². The predicted octanol–water partition coefficient (Wildman–Crippen LogP) is 2.35. The topological polar surface area (TPSA) is 80.3 Å². The molecule has 0 atom stereocenters. The normalized spacial score (nSPS) is 10.8. The zero-order chi connectivity index (χ0) is 15.2. The zero-order valence-electron chi connectivity index (χ0n) is 10.2. The molecular formula is C12H6Br2O4S2-2. The van der Waals surface area contributed by atoms with E-state index < -0.39 is 11.9 Å². The summed E-state index contributed by atoms with van der Waals surface area (Å²) in [6.45, 7) is 3.49. The molecule has 106 valence electrons. The van der Waals surface area contributed by atoms with Crippen LogP contribution >= 0.6 is 54.5 Å². The largest absolute Gasteiger partial charge is 0.544 e. The third-order valence-corrected chi connectivity index (χ3v) is 7.32. The van der Waals surface area contributed by atoms with E-state index in [0.29, 0.717) is 20.1 Å². The molecule has 4 nitrogen and oxygen atoms in total. The third-order valence-electron chi connectivity index (χ3n) is 2.64. The van der Waals surface area contributed by atoms with Crippen molar-refractivity contribution >= 4 is 66.5 Å². The van der Waals surface area contributed by atoms with Crippen molar-refractivity contribution in [1.82, 2.24) is 0 Å². The molecule has 0 aliphatic carbocycles. The highest BCUT2D eigenvalue weighted by Gasteiger charge is 2.24. The van der Waals surface area contributed by atoms with Gasteiger partial charge in [-0.15, -0.1) is 22.7 Å². The molecule has 0 aliphatic rings. The van der Waals surface area contributed by atoms with Crippen molar-refractivity contribution in [2.24, 2.45) is 0 Å². The van der Waals surface area contributed by atoms with Crippen LogP contribution in [0.25, 0.3) is 11.1 Å². The van der Waals surface area contributed by atoms with Gasteiger partial charge in [-0.3, -0.25) is 0 Å². The number of aryl methyl sites for hydroxylation is 2. The van der Waals surface area contributed by atoms with Crippen molar-refractivity contribution in [2.75, 3.05) is 0 Å². The highest BCUT2D eigenvalue weighted by atomic mass is 79.9. The Kier molecular flexibility index (Phi) is 4.38. The highest BCUT2D eigenvalue weighted by molar-refractivity contribution is 9.11. The van der Waals surface area contributed by atoms with Gasteiger partial charge in [0.05, 0.1) is 21.7 Å². The number of hydrogen-bond acceptors (Lipinski definition) is 6. The smallest absolute Gasteiger partial charge is 0.0822 e. The van der Waals surface area contributed by atoms with E-state index in [2.05, 4.69) is 31.9 Å². The molecule has 0 unspecified atom stereocenters. The quantitative estimate of drug-likeness (QED) is 0.737. The summed E-state index contributed by atoms with van der Waals surface area (Å²) in [5.74, 6) is -2.67. The molecule has 0 aromatic carbocycles. The summed E-state index contributed by atoms with van der Waals surface area (Å²) in [6.07, 6.45) is 0. The lowest BCUT2D eigenvalue weighted by Gasteiger charge is -2.09. The second-order valence-electron chi connectivity index (χ2n) is 3.93. The first-order valence-electron chi connectivity index (χ1n) is 5.26. The SMILES string of the molecule is Cc1sc(C(=O)[O-])c(-c2c(C(=O)[O-])sc(C)c2Br)c1Br. The third kappa shape index (κ3) is 2.45. The van der Waals surface area contributed by atoms with Crippen LogP contribution in [0.2, 0.25) is 0 Å². The van der Waals surface area contributed by atoms with E-state index >= 15 is 0 Å². The molecule has 2 aromatic rings. The Hall–Kier alpha value is -0.700. The van der Waals surface area contributed by atoms with Gasteiger partial charge in [0, 0.05) is 29.8 Å². The lowest BCUT2D eigenvalue weighted by Crippen LogP contribution is -2.23. The van der Waals surface area contributed by atoms with Gasteiger partial charge in [-0.05, 0) is 45.7 Å². The first-order valence-corrected chi connectivity index (χ1v) is 8.48. The van der Waals surface area contributed by atoms with Crippen LogP contribution in [0.5, 0.6) is 0 Å². The van der Waals surface area contributed by atoms with Crippen LogP contribution in [0.4, 0.5) is 0 Å². The second-order valence-corrected chi connectivity index (χ2v) is 7.96. The van der Waals surface area contributed by atoms with Gasteiger partial charge in [0.2, 0.25) is 0 Å². The molecule has 2 heterocycles. The van der Waals surface area contributed by atoms with Crippen LogP contribution in [0, 0.1) is 13.8 Å². The standard InChI is InChI=1S/C12H8Br2O4S2/c1-3-7(13)5(9(19-3)11(15)16)6-8(14)4(2)20-10(6)12(17)18/h1-2H3,(H,15,16)(H,17,18)/p-2. The average Bonchev–Trinajstić information content (AvgIpc) is 2.80. The molecule has 0 aliphatic heterocycles. The first-order chi connectivity index (χ1) is 9.25. The van der Waals surface area contributed by atoms with Gasteiger partial charge >= 0.3 is 0 Å². The van der Waals surface area contributed by atoms with Gasteiger partial charge in [0.15, 0.2) is 0 Å². The Morgan fingerprint density at radius 1 is 0.850 bits per heavy atom. The molecule has 0 saturated heterocycles. The van der Waals surface area contributed by atoms with Crippen LogP contribution in [0.15, 0.2) is 8.95 Å². The number of aromatic carboxylic acids is 2. The summed E-state index contributed by atoms with van der Waals surface area (Å²) in [7, 11) is 0. The van der Waals surface area contributed by atoms with E-state index in [9.17, 15) is 19.8 Å². The molecule has 0 radical (unpaired) electrons. The van der Waals surface area contributed by atoms with Crippen LogP contribution in [-0.2, 0) is 0 Å². The fraction of sp³-hybridized carbons (Fsp3) is 0.167. The number of carbonyl (C=O) groups is 2. The predicted molar refractivity (Wildman–Crippen MR) is 81.2 cm³/mol. The Balaban J connectivity index is 2.88. The van der Waals surface area contributed by atoms with Crippen molar-refractivity contribution in [3.05, 3.63) is 28.5 Å². The zero-order valence-corrected chi connectivity index (χ0v) is 15.0. The van der Waals surface area contributed by atoms with E-state index in [-0.39, 0.29) is 9.75 Å². The molecule has 0 N–H and O–H groups in total. The average molecular weight is 438 g/mol. The fourth-order valence-electron chi connectivity index (χ4n) is 1.78. The van der Waals surface area contributed by atoms with Gasteiger partial charge in [-0.1, -0.05) is 0 Å². The van der Waals surface area contributed by atoms with Crippen LogP contribution < -0.4 is 10.2 Å². The lowest BCUT2D eigenvalue weighted by molar-refractivity contribution is -0.255. The van der Waals surface area contributed by atoms with E-state index in [0.717, 1.165) is 32.4 Å². The molecule has 0 amide bonds. The van der Waals surface area contributed by atoms with E-state index in [1.165, 1.54) is 0 Å². The molecule has 20 heavy (non-hydrogen) atoms. The maximum atomic E-state index is 11.3. The van der Waals surface area contributed by atoms with E-state index in [1.54, 1.807) is 13.8 Å². The second kappa shape index (κ2) is 5.59. The Morgan fingerprint density at radius 2 is 1.15 bits per heavy atom. The van der Waals surface area contributed by atoms with Crippen molar-refractivity contribution < 1.29 is 19.8 Å². The number of carboxylic acid groups (broad SMARTS) is 2. The molecule has 0 saturated carbocycles. The Labute approximate surface area is 139 Å². The molecule has 8 heteroatoms. The molecule has 2 aromatic heterocycles. The first kappa shape index (κ1) is 15.7. The van der Waals surface area contributed by atoms with E-state index in [4.69, 9.17) is 0 Å². The van der Waals surface area contributed by atoms with Crippen molar-refractivity contribution in [1.29, 1.82) is 0 Å². The number of halogens is 2. The van der Waals surface area contributed by atoms with Gasteiger partial charge in [0.1, 0.15) is 0 Å². The minimum Gasteiger partial charge on any atom is -0.544 e. The highest BCUT2D eigenvalue weighted by Crippen LogP contribution is 2.47. The minimum atomic E-state index is -1.33. The van der Waals surface area contributed by atoms with Gasteiger partial charge in [-0.25, -0.2) is 0 Å². The number of carbonyl (C=O) groups excluding carboxylic acids is 2.